The first-order valence-corrected chi connectivity index (χ1v) is 3.90. The maximum Gasteiger partial charge on any atom is 0.132 e. The van der Waals surface area contributed by atoms with E-state index in [1.54, 1.807) is 0 Å². The van der Waals surface area contributed by atoms with Crippen molar-refractivity contribution in [2.75, 3.05) is 21.1 Å². The molecular formula is C10H14N2O. The topological polar surface area (TPSA) is 46.8 Å². The van der Waals surface area contributed by atoms with Gasteiger partial charge < -0.3 is 5.11 Å². The van der Waals surface area contributed by atoms with Gasteiger partial charge >= 0.3 is 0 Å². The highest BCUT2D eigenvalue weighted by molar-refractivity contribution is 5.40. The van der Waals surface area contributed by atoms with E-state index in [9.17, 15) is 0 Å². The number of para-hydroxylation sites is 1. The van der Waals surface area contributed by atoms with Crippen molar-refractivity contribution in [2.24, 2.45) is 0 Å². The normalized spacial score (nSPS) is 9.38. The molecule has 70 valence electrons. The van der Waals surface area contributed by atoms with Crippen LogP contribution in [0.25, 0.3) is 0 Å². The Kier molecular flexibility index (Phi) is 4.57. The van der Waals surface area contributed by atoms with Crippen LogP contribution in [0.4, 0.5) is 5.69 Å². The van der Waals surface area contributed by atoms with E-state index in [0.717, 1.165) is 4.48 Å². The zero-order valence-electron chi connectivity index (χ0n) is 8.19. The molecule has 0 atom stereocenters. The lowest BCUT2D eigenvalue weighted by Gasteiger charge is -2.22. The van der Waals surface area contributed by atoms with E-state index in [1.165, 1.54) is 5.69 Å². The fourth-order valence-corrected chi connectivity index (χ4v) is 0.875. The van der Waals surface area contributed by atoms with Crippen LogP contribution in [0, 0.1) is 11.5 Å². The number of hydrogen-bond acceptors (Lipinski definition) is 2. The van der Waals surface area contributed by atoms with Gasteiger partial charge in [0.15, 0.2) is 0 Å². The highest BCUT2D eigenvalue weighted by Crippen LogP contribution is 2.14. The van der Waals surface area contributed by atoms with Gasteiger partial charge in [-0.15, -0.1) is 0 Å². The Hall–Kier alpha value is -1.53. The Bertz CT molecular complexity index is 269. The summed E-state index contributed by atoms with van der Waals surface area (Å²) >= 11 is 0. The van der Waals surface area contributed by atoms with Gasteiger partial charge in [-0.1, -0.05) is 18.2 Å². The molecule has 0 unspecified atom stereocenters. The first-order valence-electron chi connectivity index (χ1n) is 3.90. The number of nitriles is 1. The van der Waals surface area contributed by atoms with Crippen molar-refractivity contribution in [1.82, 2.24) is 4.48 Å². The Morgan fingerprint density at radius 3 is 1.77 bits per heavy atom. The molecule has 0 heterocycles. The third-order valence-electron chi connectivity index (χ3n) is 1.53. The van der Waals surface area contributed by atoms with Crippen molar-refractivity contribution in [3.05, 3.63) is 30.3 Å². The van der Waals surface area contributed by atoms with Gasteiger partial charge in [0.1, 0.15) is 5.69 Å². The number of benzene rings is 1. The molecule has 0 aliphatic heterocycles. The van der Waals surface area contributed by atoms with E-state index < -0.39 is 0 Å². The first kappa shape index (κ1) is 11.5. The Balaban J connectivity index is 0.000000424. The Labute approximate surface area is 79.1 Å². The molecular weight excluding hydrogens is 164 g/mol. The molecule has 0 bridgehead atoms. The lowest BCUT2D eigenvalue weighted by Crippen LogP contribution is -2.34. The average Bonchev–Trinajstić information content (AvgIpc) is 2.06. The molecule has 0 radical (unpaired) electrons. The number of rotatable bonds is 1. The first-order chi connectivity index (χ1) is 6.02. The van der Waals surface area contributed by atoms with Crippen molar-refractivity contribution < 1.29 is 5.11 Å². The van der Waals surface area contributed by atoms with Gasteiger partial charge in [-0.2, -0.15) is 0 Å². The van der Waals surface area contributed by atoms with Gasteiger partial charge in [0.2, 0.25) is 0 Å². The van der Waals surface area contributed by atoms with Crippen LogP contribution >= 0.6 is 0 Å². The molecule has 0 aliphatic carbocycles. The minimum atomic E-state index is 0.500. The molecule has 1 aromatic carbocycles. The summed E-state index contributed by atoms with van der Waals surface area (Å²) in [6.45, 7) is 0. The van der Waals surface area contributed by atoms with Crippen LogP contribution in [0.1, 0.15) is 0 Å². The molecule has 3 nitrogen and oxygen atoms in total. The molecule has 13 heavy (non-hydrogen) atoms. The van der Waals surface area contributed by atoms with Crippen LogP contribution < -0.4 is 9.59 Å². The molecule has 1 aromatic rings. The molecule has 0 amide bonds. The summed E-state index contributed by atoms with van der Waals surface area (Å²) in [7, 11) is 6.49. The van der Waals surface area contributed by atoms with Gasteiger partial charge in [0, 0.05) is 6.26 Å². The van der Waals surface area contributed by atoms with Gasteiger partial charge in [0.05, 0.1) is 21.1 Å². The largest absolute Gasteiger partial charge is 0.812 e. The summed E-state index contributed by atoms with van der Waals surface area (Å²) in [5.41, 5.74) is 1.34. The highest BCUT2D eigenvalue weighted by Gasteiger charge is 2.08. The molecule has 0 saturated carbocycles. The lowest BCUT2D eigenvalue weighted by atomic mass is 10.3. The minimum absolute atomic E-state index is 0.500. The van der Waals surface area contributed by atoms with Crippen LogP contribution in [0.15, 0.2) is 30.3 Å². The second kappa shape index (κ2) is 5.18. The van der Waals surface area contributed by atoms with E-state index in [1.807, 2.05) is 6.07 Å². The monoisotopic (exact) mass is 178 g/mol. The summed E-state index contributed by atoms with van der Waals surface area (Å²) < 4.78 is 0.890. The molecule has 3 heteroatoms. The predicted molar refractivity (Wildman–Crippen MR) is 51.6 cm³/mol. The SMILES string of the molecule is C[N+](C)(C)c1ccccc1.N#C[O-]. The van der Waals surface area contributed by atoms with Crippen molar-refractivity contribution in [1.29, 1.82) is 5.26 Å². The number of hydrogen-bond donors (Lipinski definition) is 0. The predicted octanol–water partition coefficient (Wildman–Crippen LogP) is 0.711. The third kappa shape index (κ3) is 4.83. The summed E-state index contributed by atoms with van der Waals surface area (Å²) in [4.78, 5) is 0. The zero-order chi connectivity index (χ0) is 10.3. The number of quaternary nitrogens is 1. The lowest BCUT2D eigenvalue weighted by molar-refractivity contribution is -0.252. The molecule has 0 aliphatic rings. The van der Waals surface area contributed by atoms with Crippen molar-refractivity contribution in [3.8, 4) is 6.26 Å². The van der Waals surface area contributed by atoms with Crippen molar-refractivity contribution in [3.63, 3.8) is 0 Å². The Morgan fingerprint density at radius 2 is 1.54 bits per heavy atom. The van der Waals surface area contributed by atoms with Crippen LogP contribution in [-0.4, -0.2) is 21.1 Å². The van der Waals surface area contributed by atoms with Crippen LogP contribution in [0.2, 0.25) is 0 Å². The van der Waals surface area contributed by atoms with Gasteiger partial charge in [-0.3, -0.25) is 4.48 Å². The smallest absolute Gasteiger partial charge is 0.132 e. The summed E-state index contributed by atoms with van der Waals surface area (Å²) in [6.07, 6.45) is 0.500. The maximum atomic E-state index is 8.24. The number of nitrogens with zero attached hydrogens (tertiary/aromatic N) is 2. The van der Waals surface area contributed by atoms with E-state index >= 15 is 0 Å². The summed E-state index contributed by atoms with van der Waals surface area (Å²) in [5, 5.41) is 15.0. The van der Waals surface area contributed by atoms with Gasteiger partial charge in [-0.25, -0.2) is 5.26 Å². The fourth-order valence-electron chi connectivity index (χ4n) is 0.875. The van der Waals surface area contributed by atoms with E-state index in [4.69, 9.17) is 10.4 Å². The molecule has 0 saturated heterocycles. The van der Waals surface area contributed by atoms with E-state index in [-0.39, 0.29) is 0 Å². The highest BCUT2D eigenvalue weighted by atomic mass is 16.2. The molecule has 0 fully saturated rings. The Morgan fingerprint density at radius 1 is 1.15 bits per heavy atom. The van der Waals surface area contributed by atoms with Gasteiger partial charge in [-0.05, 0) is 12.1 Å². The van der Waals surface area contributed by atoms with Crippen LogP contribution in [0.3, 0.4) is 0 Å². The molecule has 0 aromatic heterocycles. The molecule has 1 rings (SSSR count). The maximum absolute atomic E-state index is 8.24. The average molecular weight is 178 g/mol. The second-order valence-electron chi connectivity index (χ2n) is 3.44. The van der Waals surface area contributed by atoms with Gasteiger partial charge in [0.25, 0.3) is 0 Å². The molecule has 0 spiro atoms. The fraction of sp³-hybridized carbons (Fsp3) is 0.300. The van der Waals surface area contributed by atoms with Crippen molar-refractivity contribution in [2.45, 2.75) is 0 Å². The molecule has 0 N–H and O–H groups in total. The summed E-state index contributed by atoms with van der Waals surface area (Å²) in [5.74, 6) is 0. The van der Waals surface area contributed by atoms with Crippen LogP contribution in [0.5, 0.6) is 0 Å². The standard InChI is InChI=1S/C9H14N.CHNO/c1-10(2,3)9-7-5-4-6-8-9;2-1-3/h4-8H,1-3H3;3H/q+1;/p-1. The van der Waals surface area contributed by atoms with E-state index in [2.05, 4.69) is 45.4 Å². The second-order valence-corrected chi connectivity index (χ2v) is 3.44. The zero-order valence-corrected chi connectivity index (χ0v) is 8.19. The summed E-state index contributed by atoms with van der Waals surface area (Å²) in [6, 6.07) is 10.5. The quantitative estimate of drug-likeness (QED) is 0.469. The minimum Gasteiger partial charge on any atom is -0.812 e. The third-order valence-corrected chi connectivity index (χ3v) is 1.53. The van der Waals surface area contributed by atoms with Crippen LogP contribution in [-0.2, 0) is 0 Å². The van der Waals surface area contributed by atoms with Crippen molar-refractivity contribution >= 4 is 5.69 Å². The van der Waals surface area contributed by atoms with E-state index in [0.29, 0.717) is 6.26 Å².